The molecule has 0 N–H and O–H groups in total. The predicted molar refractivity (Wildman–Crippen MR) is 336 cm³/mol. The number of aromatic nitrogens is 13. The first kappa shape index (κ1) is 73.6. The summed E-state index contributed by atoms with van der Waals surface area (Å²) >= 11 is 0. The van der Waals surface area contributed by atoms with Crippen molar-refractivity contribution < 1.29 is 13.4 Å². The number of pyridine rings is 1. The minimum atomic E-state index is 0.221. The van der Waals surface area contributed by atoms with Gasteiger partial charge in [0.15, 0.2) is 17.6 Å². The maximum Gasteiger partial charge on any atom is 0.227 e. The van der Waals surface area contributed by atoms with Gasteiger partial charge >= 0.3 is 0 Å². The summed E-state index contributed by atoms with van der Waals surface area (Å²) in [7, 11) is 6.06. The Morgan fingerprint density at radius 1 is 0.537 bits per heavy atom. The molecule has 0 saturated heterocycles. The molecule has 0 unspecified atom stereocenters. The highest BCUT2D eigenvalue weighted by Gasteiger charge is 2.16. The quantitative estimate of drug-likeness (QED) is 0.101. The summed E-state index contributed by atoms with van der Waals surface area (Å²) in [5.41, 5.74) is 5.80. The Balaban J connectivity index is 0.000000469. The van der Waals surface area contributed by atoms with E-state index >= 15 is 0 Å². The Bertz CT molecular complexity index is 2640. The molecule has 0 atom stereocenters. The fourth-order valence-electron chi connectivity index (χ4n) is 7.36. The molecule has 16 nitrogen and oxygen atoms in total. The molecule has 8 aromatic rings. The molecule has 0 aliphatic heterocycles. The van der Waals surface area contributed by atoms with E-state index in [-0.39, 0.29) is 5.41 Å². The molecule has 0 aliphatic rings. The lowest BCUT2D eigenvalue weighted by molar-refractivity contribution is 0.312. The lowest BCUT2D eigenvalue weighted by Gasteiger charge is -2.17. The molecule has 0 bridgehead atoms. The normalized spacial score (nSPS) is 11.2. The zero-order valence-corrected chi connectivity index (χ0v) is 55.5. The van der Waals surface area contributed by atoms with Crippen LogP contribution in [0.3, 0.4) is 0 Å². The molecule has 8 heterocycles. The number of rotatable bonds is 14. The van der Waals surface area contributed by atoms with Crippen LogP contribution in [0.15, 0.2) is 113 Å². The standard InChI is InChI=1S/C10H15N.C9H16N2.C8H14N2O.3C8H14N2.C8H13NO.C7H11NO/c1-10(2,3)7-9-5-4-6-11-8-9;1-9(2,3)4-6-11-7-5-10-8-11;1-6-9-7(11-10-6)5-8(2,3)4;1-7(2)4-8-5-10(3)6-9-8;1-7(2)4-8-5-9-6-10(8)3;1-7(2)6-8-9-4-5-10(8)3;1-6(2)4-8-9-7(3)5-10-8;1-6(2)5-7-8-3-4-9-7/h4-6,8H,7H2,1-3H3;5,7-8H,4,6H2,1-3H3;5H2,1-4H3;2*5-7H,4H2,1-3H3;4-5,7H,6H2,1-3H3;5-6H,4H2,1-3H3;3-4,6H,5H2,1-2H3. The van der Waals surface area contributed by atoms with Crippen LogP contribution < -0.4 is 0 Å². The van der Waals surface area contributed by atoms with E-state index in [1.165, 1.54) is 29.2 Å². The highest BCUT2D eigenvalue weighted by Crippen LogP contribution is 2.21. The second-order valence-corrected chi connectivity index (χ2v) is 27.0. The van der Waals surface area contributed by atoms with E-state index in [9.17, 15) is 0 Å². The number of oxazole rings is 2. The first-order valence-corrected chi connectivity index (χ1v) is 29.5. The highest BCUT2D eigenvalue weighted by molar-refractivity contribution is 5.10. The monoisotopic (exact) mass is 1130 g/mol. The Labute approximate surface area is 496 Å². The number of imidazole rings is 4. The SMILES string of the molecule is CC(C)(C)CCn1ccnc1.CC(C)(C)Cc1cccnc1.CC(C)Cc1cn(C)cn1.CC(C)Cc1cncn1C.CC(C)Cc1nccn1C.CC(C)Cc1ncco1.Cc1coc(CC(C)C)n1.Cc1noc(CC(C)(C)C)n1. The maximum atomic E-state index is 5.16. The van der Waals surface area contributed by atoms with E-state index in [1.54, 1.807) is 18.7 Å². The third-order valence-corrected chi connectivity index (χ3v) is 11.1. The van der Waals surface area contributed by atoms with Gasteiger partial charge < -0.3 is 31.6 Å². The summed E-state index contributed by atoms with van der Waals surface area (Å²) in [6.45, 7) is 46.6. The van der Waals surface area contributed by atoms with Crippen molar-refractivity contribution in [1.82, 2.24) is 63.3 Å². The van der Waals surface area contributed by atoms with Crippen molar-refractivity contribution in [1.29, 1.82) is 0 Å². The van der Waals surface area contributed by atoms with E-state index < -0.39 is 0 Å². The van der Waals surface area contributed by atoms with Crippen LogP contribution in [0.5, 0.6) is 0 Å². The van der Waals surface area contributed by atoms with Crippen molar-refractivity contribution in [3.8, 4) is 0 Å². The molecular formula is C66H111N13O3. The molecule has 0 aromatic carbocycles. The third kappa shape index (κ3) is 39.9. The van der Waals surface area contributed by atoms with Gasteiger partial charge in [0.2, 0.25) is 5.89 Å². The smallest absolute Gasteiger partial charge is 0.227 e. The minimum Gasteiger partial charge on any atom is -0.449 e. The van der Waals surface area contributed by atoms with E-state index in [0.717, 1.165) is 80.8 Å². The Morgan fingerprint density at radius 2 is 1.17 bits per heavy atom. The summed E-state index contributed by atoms with van der Waals surface area (Å²) in [5.74, 6) is 7.68. The van der Waals surface area contributed by atoms with Crippen molar-refractivity contribution in [2.75, 3.05) is 0 Å². The summed E-state index contributed by atoms with van der Waals surface area (Å²) < 4.78 is 23.4. The molecule has 0 amide bonds. The van der Waals surface area contributed by atoms with Crippen molar-refractivity contribution in [2.45, 2.75) is 203 Å². The average Bonchev–Trinajstić information content (AvgIpc) is 4.22. The number of hydrogen-bond donors (Lipinski definition) is 0. The lowest BCUT2D eigenvalue weighted by Crippen LogP contribution is -2.09. The molecule has 0 fully saturated rings. The topological polar surface area (TPSA) is 175 Å². The Kier molecular flexibility index (Phi) is 34.4. The van der Waals surface area contributed by atoms with Gasteiger partial charge in [-0.15, -0.1) is 0 Å². The van der Waals surface area contributed by atoms with E-state index in [1.807, 2.05) is 108 Å². The largest absolute Gasteiger partial charge is 0.449 e. The van der Waals surface area contributed by atoms with Crippen molar-refractivity contribution in [3.63, 3.8) is 0 Å². The van der Waals surface area contributed by atoms with Crippen LogP contribution in [0.1, 0.15) is 190 Å². The summed E-state index contributed by atoms with van der Waals surface area (Å²) in [6, 6.07) is 4.11. The van der Waals surface area contributed by atoms with Gasteiger partial charge in [0, 0.05) is 109 Å². The van der Waals surface area contributed by atoms with E-state index in [0.29, 0.717) is 40.3 Å². The van der Waals surface area contributed by atoms with Gasteiger partial charge in [-0.2, -0.15) is 4.98 Å². The van der Waals surface area contributed by atoms with Gasteiger partial charge in [-0.05, 0) is 97.0 Å². The van der Waals surface area contributed by atoms with Gasteiger partial charge in [-0.3, -0.25) is 4.98 Å². The zero-order chi connectivity index (χ0) is 62.1. The number of nitrogens with zero attached hydrogens (tertiary/aromatic N) is 13. The molecular weight excluding hydrogens is 1020 g/mol. The molecule has 458 valence electrons. The van der Waals surface area contributed by atoms with Crippen LogP contribution >= 0.6 is 0 Å². The predicted octanol–water partition coefficient (Wildman–Crippen LogP) is 15.9. The van der Waals surface area contributed by atoms with E-state index in [2.05, 4.69) is 203 Å². The zero-order valence-electron chi connectivity index (χ0n) is 55.5. The number of aryl methyl sites for hydroxylation is 6. The third-order valence-electron chi connectivity index (χ3n) is 11.1. The first-order chi connectivity index (χ1) is 38.2. The maximum absolute atomic E-state index is 5.16. The van der Waals surface area contributed by atoms with Gasteiger partial charge in [0.25, 0.3) is 0 Å². The van der Waals surface area contributed by atoms with Crippen molar-refractivity contribution >= 4 is 0 Å². The van der Waals surface area contributed by atoms with Gasteiger partial charge in [0.05, 0.1) is 36.6 Å². The fraction of sp³-hybridized carbons (Fsp3) is 0.621. The average molecular weight is 1130 g/mol. The fourth-order valence-corrected chi connectivity index (χ4v) is 7.36. The second kappa shape index (κ2) is 38.3. The molecule has 0 saturated carbocycles. The molecule has 8 rings (SSSR count). The lowest BCUT2D eigenvalue weighted by atomic mass is 9.89. The molecule has 0 spiro atoms. The Hall–Kier alpha value is -6.45. The Morgan fingerprint density at radius 3 is 1.59 bits per heavy atom. The van der Waals surface area contributed by atoms with Crippen LogP contribution in [-0.4, -0.2) is 63.3 Å². The van der Waals surface area contributed by atoms with Crippen LogP contribution in [0.2, 0.25) is 0 Å². The summed E-state index contributed by atoms with van der Waals surface area (Å²) in [5, 5.41) is 3.71. The first-order valence-electron chi connectivity index (χ1n) is 29.5. The van der Waals surface area contributed by atoms with Gasteiger partial charge in [-0.1, -0.05) is 143 Å². The van der Waals surface area contributed by atoms with Crippen LogP contribution in [0.25, 0.3) is 0 Å². The summed E-state index contributed by atoms with van der Waals surface area (Å²) in [4.78, 5) is 32.8. The minimum absolute atomic E-state index is 0.221. The van der Waals surface area contributed by atoms with Crippen LogP contribution in [0.4, 0.5) is 0 Å². The van der Waals surface area contributed by atoms with E-state index in [4.69, 9.17) is 13.4 Å². The molecule has 8 aromatic heterocycles. The molecule has 0 aliphatic carbocycles. The molecule has 0 radical (unpaired) electrons. The van der Waals surface area contributed by atoms with Crippen LogP contribution in [-0.2, 0) is 72.6 Å². The highest BCUT2D eigenvalue weighted by atomic mass is 16.5. The van der Waals surface area contributed by atoms with Crippen molar-refractivity contribution in [2.24, 2.45) is 67.0 Å². The number of hydrogen-bond acceptors (Lipinski definition) is 12. The van der Waals surface area contributed by atoms with Gasteiger partial charge in [0.1, 0.15) is 18.4 Å². The second-order valence-electron chi connectivity index (χ2n) is 27.0. The van der Waals surface area contributed by atoms with Crippen LogP contribution in [0, 0.1) is 59.7 Å². The molecule has 82 heavy (non-hydrogen) atoms. The van der Waals surface area contributed by atoms with Gasteiger partial charge in [-0.25, -0.2) is 29.9 Å². The molecule has 16 heteroatoms. The summed E-state index contributed by atoms with van der Waals surface area (Å²) in [6.07, 6.45) is 34.2. The van der Waals surface area contributed by atoms with Crippen molar-refractivity contribution in [3.05, 3.63) is 151 Å².